The van der Waals surface area contributed by atoms with E-state index in [0.29, 0.717) is 11.6 Å². The number of amides is 1. The van der Waals surface area contributed by atoms with E-state index in [1.807, 2.05) is 36.0 Å². The van der Waals surface area contributed by atoms with Crippen LogP contribution in [0.5, 0.6) is 0 Å². The summed E-state index contributed by atoms with van der Waals surface area (Å²) in [5.41, 5.74) is 4.42. The molecule has 1 atom stereocenters. The van der Waals surface area contributed by atoms with Gasteiger partial charge in [-0.2, -0.15) is 11.8 Å². The minimum Gasteiger partial charge on any atom is -0.377 e. The Labute approximate surface area is 129 Å². The van der Waals surface area contributed by atoms with E-state index in [1.54, 1.807) is 7.05 Å². The third-order valence-electron chi connectivity index (χ3n) is 3.67. The summed E-state index contributed by atoms with van der Waals surface area (Å²) in [7, 11) is 1.65. The number of carbonyl (C=O) groups excluding carboxylic acids is 1. The van der Waals surface area contributed by atoms with Crippen molar-refractivity contribution in [3.05, 3.63) is 65.2 Å². The highest BCUT2D eigenvalue weighted by atomic mass is 32.2. The van der Waals surface area contributed by atoms with Crippen LogP contribution in [-0.2, 0) is 5.75 Å². The lowest BCUT2D eigenvalue weighted by molar-refractivity contribution is 0.0963. The molecule has 0 aromatic heterocycles. The lowest BCUT2D eigenvalue weighted by Gasteiger charge is -2.27. The van der Waals surface area contributed by atoms with Crippen LogP contribution in [0, 0.1) is 0 Å². The number of benzene rings is 2. The van der Waals surface area contributed by atoms with E-state index in [4.69, 9.17) is 0 Å². The Bertz CT molecular complexity index is 657. The van der Waals surface area contributed by atoms with Crippen LogP contribution in [0.15, 0.2) is 48.5 Å². The van der Waals surface area contributed by atoms with Crippen molar-refractivity contribution in [1.29, 1.82) is 0 Å². The van der Waals surface area contributed by atoms with E-state index < -0.39 is 0 Å². The molecule has 1 aliphatic heterocycles. The molecule has 0 bridgehead atoms. The summed E-state index contributed by atoms with van der Waals surface area (Å²) in [5, 5.41) is 6.21. The van der Waals surface area contributed by atoms with Crippen molar-refractivity contribution in [3.8, 4) is 0 Å². The summed E-state index contributed by atoms with van der Waals surface area (Å²) in [5.74, 6) is 2.06. The fourth-order valence-electron chi connectivity index (χ4n) is 2.60. The molecule has 21 heavy (non-hydrogen) atoms. The standard InChI is InChI=1S/C17H18N2OS/c1-18-17(20)12-6-4-7-14(9-12)19-16-11-21-10-13-5-2-3-8-15(13)16/h2-9,16,19H,10-11H2,1H3,(H,18,20). The molecule has 0 fully saturated rings. The first-order chi connectivity index (χ1) is 10.3. The lowest BCUT2D eigenvalue weighted by Crippen LogP contribution is -2.20. The average molecular weight is 298 g/mol. The molecule has 4 heteroatoms. The van der Waals surface area contributed by atoms with Crippen molar-refractivity contribution in [2.45, 2.75) is 11.8 Å². The van der Waals surface area contributed by atoms with E-state index in [1.165, 1.54) is 11.1 Å². The molecule has 0 saturated carbocycles. The Morgan fingerprint density at radius 1 is 1.19 bits per heavy atom. The molecule has 3 rings (SSSR count). The number of thioether (sulfide) groups is 1. The summed E-state index contributed by atoms with van der Waals surface area (Å²) >= 11 is 1.94. The highest BCUT2D eigenvalue weighted by Crippen LogP contribution is 2.33. The van der Waals surface area contributed by atoms with Gasteiger partial charge in [0.15, 0.2) is 0 Å². The summed E-state index contributed by atoms with van der Waals surface area (Å²) in [4.78, 5) is 11.7. The minimum absolute atomic E-state index is 0.0583. The van der Waals surface area contributed by atoms with Crippen molar-refractivity contribution in [1.82, 2.24) is 5.32 Å². The quantitative estimate of drug-likeness (QED) is 0.912. The topological polar surface area (TPSA) is 41.1 Å². The minimum atomic E-state index is -0.0583. The van der Waals surface area contributed by atoms with Crippen LogP contribution in [-0.4, -0.2) is 18.7 Å². The second-order valence-electron chi connectivity index (χ2n) is 5.07. The van der Waals surface area contributed by atoms with E-state index >= 15 is 0 Å². The van der Waals surface area contributed by atoms with Crippen molar-refractivity contribution < 1.29 is 4.79 Å². The molecule has 108 valence electrons. The largest absolute Gasteiger partial charge is 0.377 e. The maximum Gasteiger partial charge on any atom is 0.251 e. The molecule has 0 spiro atoms. The Morgan fingerprint density at radius 3 is 2.90 bits per heavy atom. The van der Waals surface area contributed by atoms with Crippen LogP contribution >= 0.6 is 11.8 Å². The first-order valence-corrected chi connectivity index (χ1v) is 8.17. The maximum atomic E-state index is 11.7. The van der Waals surface area contributed by atoms with Gasteiger partial charge in [-0.3, -0.25) is 4.79 Å². The van der Waals surface area contributed by atoms with Gasteiger partial charge in [0.25, 0.3) is 5.91 Å². The molecule has 1 aliphatic rings. The van der Waals surface area contributed by atoms with Gasteiger partial charge >= 0.3 is 0 Å². The number of fused-ring (bicyclic) bond motifs is 1. The van der Waals surface area contributed by atoms with Gasteiger partial charge in [0.05, 0.1) is 6.04 Å². The summed E-state index contributed by atoms with van der Waals surface area (Å²) in [6, 6.07) is 16.5. The van der Waals surface area contributed by atoms with Gasteiger partial charge in [0.2, 0.25) is 0 Å². The first-order valence-electron chi connectivity index (χ1n) is 7.02. The van der Waals surface area contributed by atoms with E-state index in [9.17, 15) is 4.79 Å². The number of rotatable bonds is 3. The molecular formula is C17H18N2OS. The van der Waals surface area contributed by atoms with Gasteiger partial charge in [-0.25, -0.2) is 0 Å². The highest BCUT2D eigenvalue weighted by molar-refractivity contribution is 7.98. The van der Waals surface area contributed by atoms with Crippen molar-refractivity contribution >= 4 is 23.4 Å². The van der Waals surface area contributed by atoms with E-state index in [-0.39, 0.29) is 5.91 Å². The Kier molecular flexibility index (Phi) is 4.15. The maximum absolute atomic E-state index is 11.7. The van der Waals surface area contributed by atoms with Crippen LogP contribution in [0.1, 0.15) is 27.5 Å². The van der Waals surface area contributed by atoms with Gasteiger partial charge in [-0.1, -0.05) is 30.3 Å². The molecule has 2 aromatic carbocycles. The number of hydrogen-bond acceptors (Lipinski definition) is 3. The van der Waals surface area contributed by atoms with Gasteiger partial charge in [-0.05, 0) is 29.3 Å². The normalized spacial score (nSPS) is 16.9. The summed E-state index contributed by atoms with van der Waals surface area (Å²) < 4.78 is 0. The van der Waals surface area contributed by atoms with Gasteiger partial charge in [-0.15, -0.1) is 0 Å². The molecule has 0 radical (unpaired) electrons. The van der Waals surface area contributed by atoms with Gasteiger partial charge < -0.3 is 10.6 Å². The Balaban J connectivity index is 1.83. The first kappa shape index (κ1) is 14.0. The second kappa shape index (κ2) is 6.22. The van der Waals surface area contributed by atoms with Gasteiger partial charge in [0.1, 0.15) is 0 Å². The zero-order valence-corrected chi connectivity index (χ0v) is 12.7. The van der Waals surface area contributed by atoms with E-state index in [0.717, 1.165) is 17.2 Å². The van der Waals surface area contributed by atoms with Crippen molar-refractivity contribution in [2.24, 2.45) is 0 Å². The molecule has 1 amide bonds. The van der Waals surface area contributed by atoms with Crippen LogP contribution in [0.2, 0.25) is 0 Å². The predicted octanol–water partition coefficient (Wildman–Crippen LogP) is 3.45. The highest BCUT2D eigenvalue weighted by Gasteiger charge is 2.20. The van der Waals surface area contributed by atoms with Crippen LogP contribution in [0.25, 0.3) is 0 Å². The predicted molar refractivity (Wildman–Crippen MR) is 88.8 cm³/mol. The van der Waals surface area contributed by atoms with Crippen molar-refractivity contribution in [3.63, 3.8) is 0 Å². The molecule has 3 nitrogen and oxygen atoms in total. The third-order valence-corrected chi connectivity index (χ3v) is 4.75. The third kappa shape index (κ3) is 3.05. The number of nitrogens with one attached hydrogen (secondary N) is 2. The van der Waals surface area contributed by atoms with Crippen LogP contribution in [0.4, 0.5) is 5.69 Å². The van der Waals surface area contributed by atoms with Crippen molar-refractivity contribution in [2.75, 3.05) is 18.1 Å². The Morgan fingerprint density at radius 2 is 2.05 bits per heavy atom. The average Bonchev–Trinajstić information content (AvgIpc) is 2.55. The molecule has 0 saturated heterocycles. The lowest BCUT2D eigenvalue weighted by atomic mass is 10.0. The number of hydrogen-bond donors (Lipinski definition) is 2. The number of anilines is 1. The molecular weight excluding hydrogens is 280 g/mol. The van der Waals surface area contributed by atoms with Crippen LogP contribution < -0.4 is 10.6 Å². The summed E-state index contributed by atoms with van der Waals surface area (Å²) in [6.45, 7) is 0. The smallest absolute Gasteiger partial charge is 0.251 e. The number of carbonyl (C=O) groups is 1. The second-order valence-corrected chi connectivity index (χ2v) is 6.10. The zero-order valence-electron chi connectivity index (χ0n) is 11.9. The zero-order chi connectivity index (χ0) is 14.7. The monoisotopic (exact) mass is 298 g/mol. The fourth-order valence-corrected chi connectivity index (χ4v) is 3.70. The van der Waals surface area contributed by atoms with Crippen LogP contribution in [0.3, 0.4) is 0 Å². The van der Waals surface area contributed by atoms with E-state index in [2.05, 4.69) is 34.9 Å². The summed E-state index contributed by atoms with van der Waals surface area (Å²) in [6.07, 6.45) is 0. The fraction of sp³-hybridized carbons (Fsp3) is 0.235. The molecule has 2 aromatic rings. The SMILES string of the molecule is CNC(=O)c1cccc(NC2CSCc3ccccc32)c1. The van der Waals surface area contributed by atoms with Gasteiger partial charge in [0, 0.05) is 29.8 Å². The molecule has 2 N–H and O–H groups in total. The molecule has 1 unspecified atom stereocenters. The molecule has 0 aliphatic carbocycles. The Hall–Kier alpha value is -1.94. The molecule has 1 heterocycles.